The Hall–Kier alpha value is -2.70. The number of ketones is 1. The number of anilines is 1. The highest BCUT2D eigenvalue weighted by atomic mass is 35.5. The van der Waals surface area contributed by atoms with Crippen LogP contribution in [0, 0.1) is 0 Å². The molecule has 0 radical (unpaired) electrons. The first-order valence-corrected chi connectivity index (χ1v) is 11.1. The van der Waals surface area contributed by atoms with E-state index >= 15 is 0 Å². The summed E-state index contributed by atoms with van der Waals surface area (Å²) in [5.74, 6) is -0.288. The number of aromatic nitrogens is 1. The number of halogens is 1. The summed E-state index contributed by atoms with van der Waals surface area (Å²) in [7, 11) is -3.87. The van der Waals surface area contributed by atoms with Gasteiger partial charge < -0.3 is 0 Å². The number of unbranched alkanes of at least 4 members (excludes halogenated alkanes) is 1. The zero-order valence-electron chi connectivity index (χ0n) is 16.0. The van der Waals surface area contributed by atoms with E-state index in [-0.39, 0.29) is 28.5 Å². The number of carbonyl (C=O) groups is 1. The Balaban J connectivity index is 2.16. The lowest BCUT2D eigenvalue weighted by Gasteiger charge is -2.26. The first kappa shape index (κ1) is 21.0. The van der Waals surface area contributed by atoms with E-state index in [0.29, 0.717) is 17.0 Å². The van der Waals surface area contributed by atoms with Gasteiger partial charge in [0.15, 0.2) is 5.78 Å². The van der Waals surface area contributed by atoms with Gasteiger partial charge in [-0.1, -0.05) is 43.1 Å². The van der Waals surface area contributed by atoms with Crippen molar-refractivity contribution in [1.29, 1.82) is 0 Å². The molecule has 0 atom stereocenters. The number of hydrogen-bond acceptors (Lipinski definition) is 4. The first-order valence-electron chi connectivity index (χ1n) is 9.27. The SMILES string of the molecule is CCCCN(c1cc(Cl)ccc1C(=O)c1ccncc1)S(=O)(=O)c1ccccc1. The maximum atomic E-state index is 13.4. The maximum Gasteiger partial charge on any atom is 0.264 e. The largest absolute Gasteiger partial charge is 0.289 e. The van der Waals surface area contributed by atoms with Gasteiger partial charge in [0.1, 0.15) is 0 Å². The van der Waals surface area contributed by atoms with Crippen molar-refractivity contribution in [2.75, 3.05) is 10.8 Å². The van der Waals surface area contributed by atoms with Crippen LogP contribution in [-0.4, -0.2) is 25.7 Å². The van der Waals surface area contributed by atoms with Gasteiger partial charge in [0.25, 0.3) is 10.0 Å². The molecule has 0 aliphatic heterocycles. The van der Waals surface area contributed by atoms with Crippen molar-refractivity contribution in [2.45, 2.75) is 24.7 Å². The molecule has 0 aliphatic rings. The van der Waals surface area contributed by atoms with Crippen LogP contribution in [0.3, 0.4) is 0 Å². The average Bonchev–Trinajstić information content (AvgIpc) is 2.75. The predicted molar refractivity (Wildman–Crippen MR) is 115 cm³/mol. The van der Waals surface area contributed by atoms with Gasteiger partial charge in [-0.25, -0.2) is 8.42 Å². The molecule has 0 amide bonds. The quantitative estimate of drug-likeness (QED) is 0.475. The van der Waals surface area contributed by atoms with Gasteiger partial charge in [-0.2, -0.15) is 0 Å². The first-order chi connectivity index (χ1) is 13.9. The molecule has 0 saturated carbocycles. The van der Waals surface area contributed by atoms with Gasteiger partial charge >= 0.3 is 0 Å². The van der Waals surface area contributed by atoms with Crippen LogP contribution in [0.25, 0.3) is 0 Å². The fourth-order valence-corrected chi connectivity index (χ4v) is 4.65. The minimum absolute atomic E-state index is 0.165. The highest BCUT2D eigenvalue weighted by Crippen LogP contribution is 2.31. The second kappa shape index (κ2) is 9.20. The van der Waals surface area contributed by atoms with Crippen LogP contribution in [0.1, 0.15) is 35.7 Å². The Labute approximate surface area is 176 Å². The Morgan fingerprint density at radius 2 is 1.72 bits per heavy atom. The molecule has 3 aromatic rings. The number of sulfonamides is 1. The Kier molecular flexibility index (Phi) is 6.67. The third-order valence-corrected chi connectivity index (χ3v) is 6.52. The second-order valence-corrected chi connectivity index (χ2v) is 8.77. The third-order valence-electron chi connectivity index (χ3n) is 4.46. The Morgan fingerprint density at radius 3 is 2.38 bits per heavy atom. The fourth-order valence-electron chi connectivity index (χ4n) is 2.95. The molecule has 0 unspecified atom stereocenters. The molecule has 0 bridgehead atoms. The normalized spacial score (nSPS) is 11.2. The van der Waals surface area contributed by atoms with Gasteiger partial charge in [-0.15, -0.1) is 0 Å². The number of hydrogen-bond donors (Lipinski definition) is 0. The summed E-state index contributed by atoms with van der Waals surface area (Å²) < 4.78 is 28.1. The molecule has 1 heterocycles. The molecule has 3 rings (SSSR count). The molecule has 5 nitrogen and oxygen atoms in total. The number of nitrogens with zero attached hydrogens (tertiary/aromatic N) is 2. The lowest BCUT2D eigenvalue weighted by atomic mass is 10.0. The standard InChI is InChI=1S/C22H21ClN2O3S/c1-2-3-15-25(29(27,28)19-7-5-4-6-8-19)21-16-18(23)9-10-20(21)22(26)17-11-13-24-14-12-17/h4-14,16H,2-3,15H2,1H3. The smallest absolute Gasteiger partial charge is 0.264 e. The highest BCUT2D eigenvalue weighted by Gasteiger charge is 2.28. The minimum atomic E-state index is -3.87. The van der Waals surface area contributed by atoms with Gasteiger partial charge in [0, 0.05) is 35.1 Å². The van der Waals surface area contributed by atoms with Crippen LogP contribution in [0.2, 0.25) is 5.02 Å². The molecule has 29 heavy (non-hydrogen) atoms. The van der Waals surface area contributed by atoms with Crippen molar-refractivity contribution in [3.63, 3.8) is 0 Å². The number of pyridine rings is 1. The molecular weight excluding hydrogens is 408 g/mol. The second-order valence-electron chi connectivity index (χ2n) is 6.47. The molecule has 2 aromatic carbocycles. The van der Waals surface area contributed by atoms with Crippen LogP contribution in [0.15, 0.2) is 78.0 Å². The maximum absolute atomic E-state index is 13.4. The summed E-state index contributed by atoms with van der Waals surface area (Å²) >= 11 is 6.20. The zero-order chi connectivity index (χ0) is 20.9. The minimum Gasteiger partial charge on any atom is -0.289 e. The fraction of sp³-hybridized carbons (Fsp3) is 0.182. The van der Waals surface area contributed by atoms with E-state index in [1.807, 2.05) is 6.92 Å². The summed E-state index contributed by atoms with van der Waals surface area (Å²) in [5.41, 5.74) is 0.976. The molecular formula is C22H21ClN2O3S. The summed E-state index contributed by atoms with van der Waals surface area (Å²) in [6, 6.07) is 16.1. The van der Waals surface area contributed by atoms with Crippen molar-refractivity contribution < 1.29 is 13.2 Å². The topological polar surface area (TPSA) is 67.3 Å². The van der Waals surface area contributed by atoms with Crippen molar-refractivity contribution in [3.8, 4) is 0 Å². The lowest BCUT2D eigenvalue weighted by Crippen LogP contribution is -2.33. The predicted octanol–water partition coefficient (Wildman–Crippen LogP) is 4.96. The van der Waals surface area contributed by atoms with E-state index in [2.05, 4.69) is 4.98 Å². The van der Waals surface area contributed by atoms with Gasteiger partial charge in [-0.3, -0.25) is 14.1 Å². The molecule has 0 fully saturated rings. The number of carbonyl (C=O) groups excluding carboxylic acids is 1. The van der Waals surface area contributed by atoms with E-state index in [1.54, 1.807) is 54.6 Å². The monoisotopic (exact) mass is 428 g/mol. The van der Waals surface area contributed by atoms with E-state index in [4.69, 9.17) is 11.6 Å². The van der Waals surface area contributed by atoms with Crippen LogP contribution in [0.4, 0.5) is 5.69 Å². The Morgan fingerprint density at radius 1 is 1.03 bits per heavy atom. The van der Waals surface area contributed by atoms with E-state index in [9.17, 15) is 13.2 Å². The summed E-state index contributed by atoms with van der Waals surface area (Å²) in [6.07, 6.45) is 4.49. The van der Waals surface area contributed by atoms with Crippen LogP contribution >= 0.6 is 11.6 Å². The van der Waals surface area contributed by atoms with E-state index in [1.165, 1.54) is 22.8 Å². The molecule has 150 valence electrons. The molecule has 0 spiro atoms. The van der Waals surface area contributed by atoms with Crippen molar-refractivity contribution in [2.24, 2.45) is 0 Å². The van der Waals surface area contributed by atoms with Crippen LogP contribution in [0.5, 0.6) is 0 Å². The van der Waals surface area contributed by atoms with E-state index < -0.39 is 10.0 Å². The van der Waals surface area contributed by atoms with Gasteiger partial charge in [-0.05, 0) is 48.9 Å². The number of rotatable bonds is 8. The summed E-state index contributed by atoms with van der Waals surface area (Å²) in [5, 5.41) is 0.357. The van der Waals surface area contributed by atoms with Gasteiger partial charge in [0.2, 0.25) is 0 Å². The van der Waals surface area contributed by atoms with Crippen molar-refractivity contribution >= 4 is 33.1 Å². The van der Waals surface area contributed by atoms with Crippen LogP contribution in [-0.2, 0) is 10.0 Å². The highest BCUT2D eigenvalue weighted by molar-refractivity contribution is 7.92. The molecule has 0 aliphatic carbocycles. The molecule has 0 saturated heterocycles. The zero-order valence-corrected chi connectivity index (χ0v) is 17.5. The lowest BCUT2D eigenvalue weighted by molar-refractivity contribution is 0.103. The van der Waals surface area contributed by atoms with Gasteiger partial charge in [0.05, 0.1) is 10.6 Å². The summed E-state index contributed by atoms with van der Waals surface area (Å²) in [4.78, 5) is 17.2. The van der Waals surface area contributed by atoms with Crippen molar-refractivity contribution in [3.05, 3.63) is 89.2 Å². The number of benzene rings is 2. The molecule has 7 heteroatoms. The average molecular weight is 429 g/mol. The third kappa shape index (κ3) is 4.66. The molecule has 0 N–H and O–H groups in total. The Bertz CT molecular complexity index is 1090. The van der Waals surface area contributed by atoms with Crippen LogP contribution < -0.4 is 4.31 Å². The molecule has 1 aromatic heterocycles. The van der Waals surface area contributed by atoms with E-state index in [0.717, 1.165) is 6.42 Å². The van der Waals surface area contributed by atoms with Crippen molar-refractivity contribution in [1.82, 2.24) is 4.98 Å². The summed E-state index contributed by atoms with van der Waals surface area (Å²) in [6.45, 7) is 2.22.